The fourth-order valence-electron chi connectivity index (χ4n) is 2.89. The van der Waals surface area contributed by atoms with Crippen molar-refractivity contribution in [3.63, 3.8) is 0 Å². The molecular formula is C14H22N4O2. The van der Waals surface area contributed by atoms with Crippen molar-refractivity contribution < 1.29 is 9.47 Å². The first-order valence-electron chi connectivity index (χ1n) is 7.15. The predicted octanol–water partition coefficient (Wildman–Crippen LogP) is -0.215. The van der Waals surface area contributed by atoms with Gasteiger partial charge in [-0.15, -0.1) is 0 Å². The summed E-state index contributed by atoms with van der Waals surface area (Å²) in [6, 6.07) is 1.97. The molecule has 2 heterocycles. The molecule has 6 nitrogen and oxygen atoms in total. The van der Waals surface area contributed by atoms with Gasteiger partial charge in [0.1, 0.15) is 13.2 Å². The van der Waals surface area contributed by atoms with Crippen LogP contribution in [0.1, 0.15) is 11.1 Å². The number of rotatable bonds is 3. The maximum absolute atomic E-state index is 5.97. The molecule has 0 radical (unpaired) electrons. The summed E-state index contributed by atoms with van der Waals surface area (Å²) in [4.78, 5) is 2.32. The van der Waals surface area contributed by atoms with E-state index in [9.17, 15) is 0 Å². The van der Waals surface area contributed by atoms with Gasteiger partial charge in [-0.1, -0.05) is 0 Å². The number of nitrogens with zero attached hydrogens (tertiary/aromatic N) is 1. The van der Waals surface area contributed by atoms with Gasteiger partial charge in [-0.25, -0.2) is 0 Å². The van der Waals surface area contributed by atoms with Crippen molar-refractivity contribution in [2.45, 2.75) is 13.1 Å². The number of piperazine rings is 1. The van der Waals surface area contributed by atoms with Crippen LogP contribution in [-0.4, -0.2) is 39.4 Å². The van der Waals surface area contributed by atoms with Crippen LogP contribution in [0.15, 0.2) is 6.07 Å². The minimum absolute atomic E-state index is 0.461. The molecule has 0 spiro atoms. The highest BCUT2D eigenvalue weighted by atomic mass is 16.6. The molecular weight excluding hydrogens is 256 g/mol. The van der Waals surface area contributed by atoms with Crippen molar-refractivity contribution in [3.05, 3.63) is 17.2 Å². The second kappa shape index (κ2) is 5.87. The molecule has 3 rings (SSSR count). The van der Waals surface area contributed by atoms with E-state index in [4.69, 9.17) is 20.9 Å². The zero-order valence-electron chi connectivity index (χ0n) is 11.7. The van der Waals surface area contributed by atoms with Crippen LogP contribution in [0.5, 0.6) is 11.5 Å². The number of anilines is 1. The average Bonchev–Trinajstić information content (AvgIpc) is 2.53. The van der Waals surface area contributed by atoms with Crippen LogP contribution in [0.2, 0.25) is 0 Å². The lowest BCUT2D eigenvalue weighted by atomic mass is 10.0. The average molecular weight is 278 g/mol. The van der Waals surface area contributed by atoms with Crippen LogP contribution in [0.4, 0.5) is 5.69 Å². The summed E-state index contributed by atoms with van der Waals surface area (Å²) < 4.78 is 11.6. The summed E-state index contributed by atoms with van der Waals surface area (Å²) in [7, 11) is 0. The third-order valence-corrected chi connectivity index (χ3v) is 3.86. The zero-order valence-corrected chi connectivity index (χ0v) is 11.7. The van der Waals surface area contributed by atoms with Crippen molar-refractivity contribution >= 4 is 5.69 Å². The molecule has 0 aliphatic carbocycles. The molecule has 0 amide bonds. The van der Waals surface area contributed by atoms with Crippen molar-refractivity contribution in [3.8, 4) is 11.5 Å². The van der Waals surface area contributed by atoms with E-state index in [2.05, 4.69) is 10.2 Å². The van der Waals surface area contributed by atoms with Crippen LogP contribution in [0.3, 0.4) is 0 Å². The van der Waals surface area contributed by atoms with Gasteiger partial charge in [-0.2, -0.15) is 0 Å². The number of nitrogens with two attached hydrogens (primary N) is 2. The second-order valence-corrected chi connectivity index (χ2v) is 5.03. The molecule has 6 heteroatoms. The number of hydrogen-bond acceptors (Lipinski definition) is 6. The van der Waals surface area contributed by atoms with Crippen LogP contribution >= 0.6 is 0 Å². The lowest BCUT2D eigenvalue weighted by molar-refractivity contribution is 0.171. The lowest BCUT2D eigenvalue weighted by Crippen LogP contribution is -2.44. The van der Waals surface area contributed by atoms with E-state index in [0.717, 1.165) is 54.5 Å². The molecule has 110 valence electrons. The maximum atomic E-state index is 5.97. The number of nitrogens with one attached hydrogen (secondary N) is 1. The SMILES string of the molecule is NCc1cc2c(c(N3CCNCC3)c1CN)OCCO2. The minimum atomic E-state index is 0.461. The Bertz CT molecular complexity index is 472. The Morgan fingerprint density at radius 3 is 2.55 bits per heavy atom. The topological polar surface area (TPSA) is 85.8 Å². The van der Waals surface area contributed by atoms with Crippen molar-refractivity contribution in [1.29, 1.82) is 0 Å². The number of fused-ring (bicyclic) bond motifs is 1. The van der Waals surface area contributed by atoms with Crippen molar-refractivity contribution in [2.24, 2.45) is 11.5 Å². The highest BCUT2D eigenvalue weighted by Crippen LogP contribution is 2.44. The first-order chi connectivity index (χ1) is 9.85. The summed E-state index contributed by atoms with van der Waals surface area (Å²) in [6.07, 6.45) is 0. The Morgan fingerprint density at radius 1 is 1.10 bits per heavy atom. The Kier molecular flexibility index (Phi) is 3.95. The minimum Gasteiger partial charge on any atom is -0.486 e. The van der Waals surface area contributed by atoms with E-state index in [1.165, 1.54) is 0 Å². The van der Waals surface area contributed by atoms with Gasteiger partial charge >= 0.3 is 0 Å². The number of hydrogen-bond donors (Lipinski definition) is 3. The lowest BCUT2D eigenvalue weighted by Gasteiger charge is -2.35. The molecule has 1 saturated heterocycles. The van der Waals surface area contributed by atoms with E-state index >= 15 is 0 Å². The van der Waals surface area contributed by atoms with E-state index in [1.807, 2.05) is 6.07 Å². The summed E-state index contributed by atoms with van der Waals surface area (Å²) in [5.41, 5.74) is 15.1. The molecule has 0 bridgehead atoms. The smallest absolute Gasteiger partial charge is 0.185 e. The van der Waals surface area contributed by atoms with Gasteiger partial charge in [-0.05, 0) is 17.2 Å². The largest absolute Gasteiger partial charge is 0.486 e. The van der Waals surface area contributed by atoms with Gasteiger partial charge in [0.2, 0.25) is 0 Å². The van der Waals surface area contributed by atoms with Gasteiger partial charge in [-0.3, -0.25) is 0 Å². The Hall–Kier alpha value is -1.50. The molecule has 2 aliphatic rings. The molecule has 0 atom stereocenters. The molecule has 0 aromatic heterocycles. The van der Waals surface area contributed by atoms with Gasteiger partial charge in [0.25, 0.3) is 0 Å². The number of benzene rings is 1. The zero-order chi connectivity index (χ0) is 13.9. The third kappa shape index (κ3) is 2.30. The fraction of sp³-hybridized carbons (Fsp3) is 0.571. The first kappa shape index (κ1) is 13.5. The van der Waals surface area contributed by atoms with Gasteiger partial charge in [0.15, 0.2) is 11.5 Å². The molecule has 0 unspecified atom stereocenters. The number of ether oxygens (including phenoxy) is 2. The molecule has 0 saturated carbocycles. The Labute approximate surface area is 119 Å². The van der Waals surface area contributed by atoms with E-state index in [0.29, 0.717) is 26.3 Å². The molecule has 5 N–H and O–H groups in total. The van der Waals surface area contributed by atoms with Crippen molar-refractivity contribution in [2.75, 3.05) is 44.3 Å². The summed E-state index contributed by atoms with van der Waals surface area (Å²) in [5.74, 6) is 1.62. The fourth-order valence-corrected chi connectivity index (χ4v) is 2.89. The van der Waals surface area contributed by atoms with E-state index < -0.39 is 0 Å². The molecule has 1 aromatic carbocycles. The summed E-state index contributed by atoms with van der Waals surface area (Å²) in [6.45, 7) is 5.90. The molecule has 2 aliphatic heterocycles. The van der Waals surface area contributed by atoms with E-state index in [1.54, 1.807) is 0 Å². The monoisotopic (exact) mass is 278 g/mol. The second-order valence-electron chi connectivity index (χ2n) is 5.03. The Balaban J connectivity index is 2.11. The first-order valence-corrected chi connectivity index (χ1v) is 7.15. The van der Waals surface area contributed by atoms with Gasteiger partial charge in [0.05, 0.1) is 5.69 Å². The van der Waals surface area contributed by atoms with Crippen LogP contribution in [-0.2, 0) is 13.1 Å². The predicted molar refractivity (Wildman–Crippen MR) is 78.3 cm³/mol. The van der Waals surface area contributed by atoms with E-state index in [-0.39, 0.29) is 0 Å². The standard InChI is InChI=1S/C14H22N4O2/c15-8-10-7-12-14(20-6-5-19-12)13(11(10)9-16)18-3-1-17-2-4-18/h7,17H,1-6,8-9,15-16H2. The van der Waals surface area contributed by atoms with Crippen LogP contribution in [0, 0.1) is 0 Å². The normalized spacial score (nSPS) is 18.2. The third-order valence-electron chi connectivity index (χ3n) is 3.86. The van der Waals surface area contributed by atoms with Crippen LogP contribution < -0.4 is 31.2 Å². The molecule has 20 heavy (non-hydrogen) atoms. The molecule has 1 aromatic rings. The maximum Gasteiger partial charge on any atom is 0.185 e. The quantitative estimate of drug-likeness (QED) is 0.709. The van der Waals surface area contributed by atoms with Gasteiger partial charge < -0.3 is 31.2 Å². The van der Waals surface area contributed by atoms with Crippen molar-refractivity contribution in [1.82, 2.24) is 5.32 Å². The highest BCUT2D eigenvalue weighted by Gasteiger charge is 2.26. The summed E-state index contributed by atoms with van der Waals surface area (Å²) >= 11 is 0. The summed E-state index contributed by atoms with van der Waals surface area (Å²) in [5, 5.41) is 3.36. The molecule has 1 fully saturated rings. The highest BCUT2D eigenvalue weighted by molar-refractivity contribution is 5.72. The van der Waals surface area contributed by atoms with Gasteiger partial charge in [0, 0.05) is 39.3 Å². The Morgan fingerprint density at radius 2 is 1.85 bits per heavy atom. The van der Waals surface area contributed by atoms with Crippen LogP contribution in [0.25, 0.3) is 0 Å².